The van der Waals surface area contributed by atoms with Crippen LogP contribution in [0.15, 0.2) is 77.3 Å². The normalized spacial score (nSPS) is 10.3. The van der Waals surface area contributed by atoms with Gasteiger partial charge in [0.2, 0.25) is 0 Å². The molecule has 3 rings (SSSR count). The van der Waals surface area contributed by atoms with Crippen molar-refractivity contribution in [1.82, 2.24) is 10.9 Å². The molecular formula is C25H25BrN2O4. The second kappa shape index (κ2) is 11.9. The molecule has 2 amide bonds. The zero-order valence-corrected chi connectivity index (χ0v) is 19.4. The van der Waals surface area contributed by atoms with E-state index in [2.05, 4.69) is 33.7 Å². The summed E-state index contributed by atoms with van der Waals surface area (Å²) < 4.78 is 12.1. The minimum absolute atomic E-state index is 0.237. The summed E-state index contributed by atoms with van der Waals surface area (Å²) in [6.45, 7) is 2.25. The summed E-state index contributed by atoms with van der Waals surface area (Å²) in [5.41, 5.74) is 7.42. The summed E-state index contributed by atoms with van der Waals surface area (Å²) in [5.74, 6) is 0.0571. The lowest BCUT2D eigenvalue weighted by Gasteiger charge is -2.13. The molecule has 0 fully saturated rings. The molecule has 3 aromatic carbocycles. The number of benzene rings is 3. The van der Waals surface area contributed by atoms with Gasteiger partial charge in [0.15, 0.2) is 6.61 Å². The number of hydrazine groups is 1. The molecule has 0 saturated carbocycles. The van der Waals surface area contributed by atoms with Crippen LogP contribution in [-0.4, -0.2) is 25.0 Å². The molecule has 3 aromatic rings. The van der Waals surface area contributed by atoms with E-state index in [4.69, 9.17) is 9.47 Å². The number of halogens is 1. The van der Waals surface area contributed by atoms with Crippen molar-refractivity contribution in [3.63, 3.8) is 0 Å². The maximum absolute atomic E-state index is 12.5. The molecule has 0 aliphatic heterocycles. The van der Waals surface area contributed by atoms with E-state index in [1.165, 1.54) is 0 Å². The first-order chi connectivity index (χ1) is 15.6. The number of rotatable bonds is 9. The van der Waals surface area contributed by atoms with Crippen LogP contribution in [0.1, 0.15) is 28.4 Å². The summed E-state index contributed by atoms with van der Waals surface area (Å²) >= 11 is 3.43. The minimum Gasteiger partial charge on any atom is -0.492 e. The summed E-state index contributed by atoms with van der Waals surface area (Å²) in [6, 6.07) is 22.5. The Bertz CT molecular complexity index is 1060. The van der Waals surface area contributed by atoms with Crippen molar-refractivity contribution in [3.8, 4) is 11.5 Å². The Labute approximate surface area is 196 Å². The van der Waals surface area contributed by atoms with Gasteiger partial charge in [0, 0.05) is 6.42 Å². The SMILES string of the molecule is CCc1ccc(OCC(=O)NNC(=O)c2ccccc2OCCc2ccccc2)c(Br)c1. The number of para-hydroxylation sites is 1. The van der Waals surface area contributed by atoms with Crippen LogP contribution in [0.4, 0.5) is 0 Å². The van der Waals surface area contributed by atoms with E-state index in [1.54, 1.807) is 30.3 Å². The van der Waals surface area contributed by atoms with E-state index in [9.17, 15) is 9.59 Å². The Morgan fingerprint density at radius 3 is 2.34 bits per heavy atom. The molecular weight excluding hydrogens is 472 g/mol. The molecule has 0 aliphatic rings. The Morgan fingerprint density at radius 1 is 0.844 bits per heavy atom. The summed E-state index contributed by atoms with van der Waals surface area (Å²) in [7, 11) is 0. The van der Waals surface area contributed by atoms with Gasteiger partial charge >= 0.3 is 0 Å². The van der Waals surface area contributed by atoms with Crippen LogP contribution >= 0.6 is 15.9 Å². The number of amides is 2. The summed E-state index contributed by atoms with van der Waals surface area (Å²) in [6.07, 6.45) is 1.63. The maximum atomic E-state index is 12.5. The topological polar surface area (TPSA) is 76.7 Å². The Morgan fingerprint density at radius 2 is 1.59 bits per heavy atom. The van der Waals surface area contributed by atoms with E-state index >= 15 is 0 Å². The Balaban J connectivity index is 1.48. The Kier molecular flexibility index (Phi) is 8.69. The number of aryl methyl sites for hydroxylation is 1. The fourth-order valence-corrected chi connectivity index (χ4v) is 3.50. The van der Waals surface area contributed by atoms with Gasteiger partial charge in [-0.1, -0.05) is 55.5 Å². The van der Waals surface area contributed by atoms with E-state index in [1.807, 2.05) is 42.5 Å². The van der Waals surface area contributed by atoms with Gasteiger partial charge in [-0.05, 0) is 57.7 Å². The van der Waals surface area contributed by atoms with Gasteiger partial charge in [0.1, 0.15) is 11.5 Å². The molecule has 0 bridgehead atoms. The second-order valence-electron chi connectivity index (χ2n) is 6.99. The highest BCUT2D eigenvalue weighted by Crippen LogP contribution is 2.26. The number of hydrogen-bond donors (Lipinski definition) is 2. The highest BCUT2D eigenvalue weighted by Gasteiger charge is 2.13. The summed E-state index contributed by atoms with van der Waals surface area (Å²) in [5, 5.41) is 0. The maximum Gasteiger partial charge on any atom is 0.276 e. The van der Waals surface area contributed by atoms with E-state index in [-0.39, 0.29) is 6.61 Å². The van der Waals surface area contributed by atoms with Crippen molar-refractivity contribution < 1.29 is 19.1 Å². The van der Waals surface area contributed by atoms with Crippen LogP contribution in [0.25, 0.3) is 0 Å². The van der Waals surface area contributed by atoms with Gasteiger partial charge in [-0.25, -0.2) is 0 Å². The van der Waals surface area contributed by atoms with Crippen molar-refractivity contribution in [2.24, 2.45) is 0 Å². The lowest BCUT2D eigenvalue weighted by molar-refractivity contribution is -0.123. The van der Waals surface area contributed by atoms with Crippen molar-refractivity contribution in [2.75, 3.05) is 13.2 Å². The smallest absolute Gasteiger partial charge is 0.276 e. The van der Waals surface area contributed by atoms with Crippen LogP contribution in [0.2, 0.25) is 0 Å². The highest BCUT2D eigenvalue weighted by molar-refractivity contribution is 9.10. The molecule has 32 heavy (non-hydrogen) atoms. The quantitative estimate of drug-likeness (QED) is 0.428. The van der Waals surface area contributed by atoms with E-state index in [0.29, 0.717) is 23.7 Å². The van der Waals surface area contributed by atoms with Crippen molar-refractivity contribution in [2.45, 2.75) is 19.8 Å². The van der Waals surface area contributed by atoms with E-state index < -0.39 is 11.8 Å². The Hall–Kier alpha value is -3.32. The van der Waals surface area contributed by atoms with Gasteiger partial charge < -0.3 is 9.47 Å². The highest BCUT2D eigenvalue weighted by atomic mass is 79.9. The van der Waals surface area contributed by atoms with Gasteiger partial charge in [-0.2, -0.15) is 0 Å². The molecule has 166 valence electrons. The fraction of sp³-hybridized carbons (Fsp3) is 0.200. The van der Waals surface area contributed by atoms with Crippen LogP contribution in [0, 0.1) is 0 Å². The van der Waals surface area contributed by atoms with Crippen LogP contribution in [0.5, 0.6) is 11.5 Å². The number of ether oxygens (including phenoxy) is 2. The van der Waals surface area contributed by atoms with Crippen molar-refractivity contribution in [1.29, 1.82) is 0 Å². The molecule has 0 spiro atoms. The first-order valence-electron chi connectivity index (χ1n) is 10.3. The molecule has 2 N–H and O–H groups in total. The second-order valence-corrected chi connectivity index (χ2v) is 7.84. The third kappa shape index (κ3) is 6.85. The zero-order valence-electron chi connectivity index (χ0n) is 17.8. The van der Waals surface area contributed by atoms with Crippen molar-refractivity contribution >= 4 is 27.7 Å². The average molecular weight is 497 g/mol. The third-order valence-corrected chi connectivity index (χ3v) is 5.32. The molecule has 0 saturated heterocycles. The number of nitrogens with one attached hydrogen (secondary N) is 2. The lowest BCUT2D eigenvalue weighted by atomic mass is 10.1. The minimum atomic E-state index is -0.479. The molecule has 0 aliphatic carbocycles. The molecule has 7 heteroatoms. The fourth-order valence-electron chi connectivity index (χ4n) is 2.96. The van der Waals surface area contributed by atoms with Gasteiger partial charge in [-0.3, -0.25) is 20.4 Å². The molecule has 0 unspecified atom stereocenters. The zero-order chi connectivity index (χ0) is 22.8. The van der Waals surface area contributed by atoms with Gasteiger partial charge in [0.25, 0.3) is 11.8 Å². The van der Waals surface area contributed by atoms with Crippen LogP contribution in [-0.2, 0) is 17.6 Å². The molecule has 6 nitrogen and oxygen atoms in total. The summed E-state index contributed by atoms with van der Waals surface area (Å²) in [4.78, 5) is 24.7. The van der Waals surface area contributed by atoms with Gasteiger partial charge in [-0.15, -0.1) is 0 Å². The van der Waals surface area contributed by atoms with Crippen LogP contribution < -0.4 is 20.3 Å². The first-order valence-corrected chi connectivity index (χ1v) is 11.1. The van der Waals surface area contributed by atoms with E-state index in [0.717, 1.165) is 28.4 Å². The monoisotopic (exact) mass is 496 g/mol. The van der Waals surface area contributed by atoms with Crippen molar-refractivity contribution in [3.05, 3.63) is 94.0 Å². The lowest BCUT2D eigenvalue weighted by Crippen LogP contribution is -2.44. The number of carbonyl (C=O) groups is 2. The number of hydrogen-bond acceptors (Lipinski definition) is 4. The number of carbonyl (C=O) groups excluding carboxylic acids is 2. The molecule has 0 aromatic heterocycles. The standard InChI is InChI=1S/C25H25BrN2O4/c1-2-18-12-13-23(21(26)16-18)32-17-24(29)27-28-25(30)20-10-6-7-11-22(20)31-15-14-19-8-4-3-5-9-19/h3-13,16H,2,14-15,17H2,1H3,(H,27,29)(H,28,30). The first kappa shape index (κ1) is 23.3. The molecule has 0 heterocycles. The van der Waals surface area contributed by atoms with Gasteiger partial charge in [0.05, 0.1) is 16.6 Å². The average Bonchev–Trinajstić information content (AvgIpc) is 2.82. The predicted molar refractivity (Wildman–Crippen MR) is 127 cm³/mol. The van der Waals surface area contributed by atoms with Crippen LogP contribution in [0.3, 0.4) is 0 Å². The third-order valence-electron chi connectivity index (χ3n) is 4.70. The molecule has 0 radical (unpaired) electrons. The largest absolute Gasteiger partial charge is 0.492 e. The molecule has 0 atom stereocenters. The predicted octanol–water partition coefficient (Wildman–Crippen LogP) is 4.47.